The van der Waals surface area contributed by atoms with Crippen molar-refractivity contribution in [2.24, 2.45) is 11.8 Å². The molecule has 118 valence electrons. The molecule has 4 nitrogen and oxygen atoms in total. The standard InChI is InChI=1S/C13H17F3N2O2S/c14-13(15,16)21-6-5-18-10(8-3-4-8)11(19)17-9(12(18)20)7-1-2-7/h7-10H,1-6H2,(H,17,19). The van der Waals surface area contributed by atoms with Crippen molar-refractivity contribution in [2.75, 3.05) is 12.3 Å². The van der Waals surface area contributed by atoms with Crippen molar-refractivity contribution in [3.8, 4) is 0 Å². The minimum absolute atomic E-state index is 0.0131. The van der Waals surface area contributed by atoms with Gasteiger partial charge in [-0.3, -0.25) is 9.59 Å². The summed E-state index contributed by atoms with van der Waals surface area (Å²) >= 11 is -0.136. The number of rotatable bonds is 5. The molecule has 0 aromatic carbocycles. The zero-order valence-electron chi connectivity index (χ0n) is 11.4. The Morgan fingerprint density at radius 2 is 1.76 bits per heavy atom. The molecule has 1 N–H and O–H groups in total. The van der Waals surface area contributed by atoms with Crippen molar-refractivity contribution in [3.63, 3.8) is 0 Å². The van der Waals surface area contributed by atoms with Gasteiger partial charge in [0, 0.05) is 12.3 Å². The van der Waals surface area contributed by atoms with Crippen LogP contribution in [0.2, 0.25) is 0 Å². The van der Waals surface area contributed by atoms with Gasteiger partial charge in [0.15, 0.2) is 0 Å². The number of nitrogens with one attached hydrogen (secondary N) is 1. The molecule has 1 aliphatic heterocycles. The number of piperazine rings is 1. The quantitative estimate of drug-likeness (QED) is 0.839. The average molecular weight is 322 g/mol. The first-order chi connectivity index (χ1) is 9.87. The van der Waals surface area contributed by atoms with Crippen LogP contribution in [-0.2, 0) is 9.59 Å². The van der Waals surface area contributed by atoms with Gasteiger partial charge in [0.2, 0.25) is 11.8 Å². The van der Waals surface area contributed by atoms with Crippen LogP contribution in [0.5, 0.6) is 0 Å². The molecule has 1 saturated heterocycles. The lowest BCUT2D eigenvalue weighted by Crippen LogP contribution is -2.65. The van der Waals surface area contributed by atoms with Gasteiger partial charge in [0.05, 0.1) is 0 Å². The largest absolute Gasteiger partial charge is 0.441 e. The molecule has 2 saturated carbocycles. The number of amides is 2. The molecule has 0 aromatic rings. The molecule has 0 bridgehead atoms. The fraction of sp³-hybridized carbons (Fsp3) is 0.846. The highest BCUT2D eigenvalue weighted by Crippen LogP contribution is 2.41. The van der Waals surface area contributed by atoms with Crippen molar-refractivity contribution in [1.29, 1.82) is 0 Å². The summed E-state index contributed by atoms with van der Waals surface area (Å²) in [6.07, 6.45) is 3.52. The maximum absolute atomic E-state index is 12.5. The molecule has 2 atom stereocenters. The number of hydrogen-bond acceptors (Lipinski definition) is 3. The monoisotopic (exact) mass is 322 g/mol. The maximum atomic E-state index is 12.5. The smallest absolute Gasteiger partial charge is 0.342 e. The third kappa shape index (κ3) is 3.46. The van der Waals surface area contributed by atoms with E-state index in [1.54, 1.807) is 0 Å². The first-order valence-electron chi connectivity index (χ1n) is 7.18. The Bertz CT molecular complexity index is 449. The topological polar surface area (TPSA) is 49.4 Å². The number of carbonyl (C=O) groups is 2. The highest BCUT2D eigenvalue weighted by Gasteiger charge is 2.51. The number of alkyl halides is 3. The lowest BCUT2D eigenvalue weighted by molar-refractivity contribution is -0.150. The van der Waals surface area contributed by atoms with Crippen LogP contribution in [0, 0.1) is 11.8 Å². The predicted molar refractivity (Wildman–Crippen MR) is 71.4 cm³/mol. The number of thioether (sulfide) groups is 1. The maximum Gasteiger partial charge on any atom is 0.441 e. The average Bonchev–Trinajstić information content (AvgIpc) is 3.24. The van der Waals surface area contributed by atoms with Gasteiger partial charge >= 0.3 is 5.51 Å². The van der Waals surface area contributed by atoms with Gasteiger partial charge in [0.25, 0.3) is 0 Å². The first kappa shape index (κ1) is 15.0. The van der Waals surface area contributed by atoms with E-state index >= 15 is 0 Å². The van der Waals surface area contributed by atoms with Gasteiger partial charge in [0.1, 0.15) is 12.1 Å². The zero-order valence-corrected chi connectivity index (χ0v) is 12.2. The predicted octanol–water partition coefficient (Wildman–Crippen LogP) is 1.75. The van der Waals surface area contributed by atoms with E-state index in [0.29, 0.717) is 0 Å². The SMILES string of the molecule is O=C1NC(C2CC2)C(=O)N(CCSC(F)(F)F)C1C1CC1. The molecule has 2 aliphatic carbocycles. The van der Waals surface area contributed by atoms with Crippen LogP contribution in [0.1, 0.15) is 25.7 Å². The minimum Gasteiger partial charge on any atom is -0.342 e. The normalized spacial score (nSPS) is 30.5. The second-order valence-electron chi connectivity index (χ2n) is 5.93. The molecule has 8 heteroatoms. The van der Waals surface area contributed by atoms with Crippen LogP contribution < -0.4 is 5.32 Å². The second-order valence-corrected chi connectivity index (χ2v) is 7.09. The Labute approximate surface area is 124 Å². The van der Waals surface area contributed by atoms with Gasteiger partial charge < -0.3 is 10.2 Å². The van der Waals surface area contributed by atoms with E-state index in [4.69, 9.17) is 0 Å². The Kier molecular flexibility index (Phi) is 3.83. The lowest BCUT2D eigenvalue weighted by Gasteiger charge is -2.39. The Morgan fingerprint density at radius 1 is 1.14 bits per heavy atom. The summed E-state index contributed by atoms with van der Waals surface area (Å²) in [6, 6.07) is -1.09. The highest BCUT2D eigenvalue weighted by molar-refractivity contribution is 8.00. The Balaban J connectivity index is 1.68. The van der Waals surface area contributed by atoms with Crippen molar-refractivity contribution in [3.05, 3.63) is 0 Å². The molecule has 0 radical (unpaired) electrons. The lowest BCUT2D eigenvalue weighted by atomic mass is 10.0. The number of nitrogens with zero attached hydrogens (tertiary/aromatic N) is 1. The van der Waals surface area contributed by atoms with E-state index in [0.717, 1.165) is 25.7 Å². The number of carbonyl (C=O) groups excluding carboxylic acids is 2. The van der Waals surface area contributed by atoms with Crippen molar-refractivity contribution >= 4 is 23.6 Å². The van der Waals surface area contributed by atoms with Gasteiger partial charge in [-0.25, -0.2) is 0 Å². The molecule has 2 unspecified atom stereocenters. The summed E-state index contributed by atoms with van der Waals surface area (Å²) in [7, 11) is 0. The highest BCUT2D eigenvalue weighted by atomic mass is 32.2. The van der Waals surface area contributed by atoms with Crippen molar-refractivity contribution in [2.45, 2.75) is 43.3 Å². The third-order valence-corrected chi connectivity index (χ3v) is 4.93. The summed E-state index contributed by atoms with van der Waals surface area (Å²) < 4.78 is 36.7. The third-order valence-electron chi connectivity index (χ3n) is 4.21. The molecule has 2 amide bonds. The summed E-state index contributed by atoms with van der Waals surface area (Å²) in [5, 5.41) is 2.78. The van der Waals surface area contributed by atoms with Crippen LogP contribution in [-0.4, -0.2) is 46.6 Å². The summed E-state index contributed by atoms with van der Waals surface area (Å²) in [6.45, 7) is -0.0131. The molecular weight excluding hydrogens is 305 g/mol. The molecule has 21 heavy (non-hydrogen) atoms. The fourth-order valence-corrected chi connectivity index (χ4v) is 3.42. The fourth-order valence-electron chi connectivity index (χ4n) is 2.90. The zero-order chi connectivity index (χ0) is 15.2. The molecule has 3 aliphatic rings. The van der Waals surface area contributed by atoms with Crippen LogP contribution in [0.25, 0.3) is 0 Å². The molecular formula is C13H17F3N2O2S. The molecule has 3 fully saturated rings. The van der Waals surface area contributed by atoms with Crippen LogP contribution in [0.4, 0.5) is 13.2 Å². The van der Waals surface area contributed by atoms with Gasteiger partial charge in [-0.1, -0.05) is 0 Å². The van der Waals surface area contributed by atoms with Crippen LogP contribution in [0.3, 0.4) is 0 Å². The van der Waals surface area contributed by atoms with E-state index < -0.39 is 17.6 Å². The minimum atomic E-state index is -4.30. The van der Waals surface area contributed by atoms with Crippen molar-refractivity contribution in [1.82, 2.24) is 10.2 Å². The summed E-state index contributed by atoms with van der Waals surface area (Å²) in [5.74, 6) is -0.324. The van der Waals surface area contributed by atoms with E-state index in [1.807, 2.05) is 0 Å². The van der Waals surface area contributed by atoms with Crippen molar-refractivity contribution < 1.29 is 22.8 Å². The van der Waals surface area contributed by atoms with Gasteiger partial charge in [-0.05, 0) is 49.3 Å². The molecule has 1 heterocycles. The van der Waals surface area contributed by atoms with E-state index in [-0.39, 0.29) is 47.7 Å². The Hall–Kier alpha value is -0.920. The summed E-state index contributed by atoms with van der Waals surface area (Å²) in [5.41, 5.74) is -4.30. The number of halogens is 3. The van der Waals surface area contributed by atoms with E-state index in [9.17, 15) is 22.8 Å². The van der Waals surface area contributed by atoms with Crippen LogP contribution in [0.15, 0.2) is 0 Å². The molecule has 0 spiro atoms. The second kappa shape index (κ2) is 5.37. The van der Waals surface area contributed by atoms with Crippen LogP contribution >= 0.6 is 11.8 Å². The van der Waals surface area contributed by atoms with E-state index in [1.165, 1.54) is 4.90 Å². The summed E-state index contributed by atoms with van der Waals surface area (Å²) in [4.78, 5) is 26.1. The van der Waals surface area contributed by atoms with E-state index in [2.05, 4.69) is 5.32 Å². The molecule has 3 rings (SSSR count). The number of hydrogen-bond donors (Lipinski definition) is 1. The first-order valence-corrected chi connectivity index (χ1v) is 8.17. The Morgan fingerprint density at radius 3 is 2.29 bits per heavy atom. The van der Waals surface area contributed by atoms with Gasteiger partial charge in [-0.2, -0.15) is 13.2 Å². The molecule has 0 aromatic heterocycles. The van der Waals surface area contributed by atoms with Gasteiger partial charge in [-0.15, -0.1) is 0 Å².